The van der Waals surface area contributed by atoms with Gasteiger partial charge < -0.3 is 11.5 Å². The van der Waals surface area contributed by atoms with Crippen LogP contribution in [0.1, 0.15) is 0 Å². The molecule has 0 amide bonds. The molecule has 0 atom stereocenters. The summed E-state index contributed by atoms with van der Waals surface area (Å²) in [6.07, 6.45) is 0. The molecule has 2 heterocycles. The van der Waals surface area contributed by atoms with Crippen LogP contribution in [0.25, 0.3) is 32.9 Å². The van der Waals surface area contributed by atoms with E-state index in [1.165, 1.54) is 18.2 Å². The maximum absolute atomic E-state index is 14.7. The quantitative estimate of drug-likeness (QED) is 0.433. The Kier molecular flexibility index (Phi) is 2.38. The smallest absolute Gasteiger partial charge is 0.156 e. The summed E-state index contributed by atoms with van der Waals surface area (Å²) < 4.78 is 29.0. The maximum Gasteiger partial charge on any atom is 0.156 e. The van der Waals surface area contributed by atoms with Crippen LogP contribution in [0.15, 0.2) is 24.3 Å². The number of H-pyrrole nitrogens is 2. The van der Waals surface area contributed by atoms with Crippen LogP contribution < -0.4 is 11.5 Å². The number of fused-ring (bicyclic) bond motifs is 2. The van der Waals surface area contributed by atoms with Gasteiger partial charge in [0.2, 0.25) is 0 Å². The molecule has 0 bridgehead atoms. The molecule has 110 valence electrons. The summed E-state index contributed by atoms with van der Waals surface area (Å²) in [6.45, 7) is 0. The van der Waals surface area contributed by atoms with E-state index in [4.69, 9.17) is 11.5 Å². The second kappa shape index (κ2) is 4.17. The van der Waals surface area contributed by atoms with Gasteiger partial charge in [-0.3, -0.25) is 10.2 Å². The highest BCUT2D eigenvalue weighted by atomic mass is 19.1. The molecule has 4 rings (SSSR count). The molecular weight excluding hydrogens is 290 g/mol. The van der Waals surface area contributed by atoms with Gasteiger partial charge in [0, 0.05) is 16.5 Å². The monoisotopic (exact) mass is 300 g/mol. The first-order valence-electron chi connectivity index (χ1n) is 6.42. The Balaban J connectivity index is 2.04. The predicted molar refractivity (Wildman–Crippen MR) is 79.9 cm³/mol. The molecule has 0 unspecified atom stereocenters. The second-order valence-electron chi connectivity index (χ2n) is 4.94. The summed E-state index contributed by atoms with van der Waals surface area (Å²) >= 11 is 0. The predicted octanol–water partition coefficient (Wildman–Crippen LogP) is 2.55. The molecule has 0 aliphatic carbocycles. The van der Waals surface area contributed by atoms with Crippen molar-refractivity contribution in [3.8, 4) is 11.1 Å². The van der Waals surface area contributed by atoms with Crippen LogP contribution in [0.4, 0.5) is 20.4 Å². The molecule has 0 radical (unpaired) electrons. The summed E-state index contributed by atoms with van der Waals surface area (Å²) in [5, 5.41) is 13.4. The van der Waals surface area contributed by atoms with Gasteiger partial charge in [0.1, 0.15) is 11.6 Å². The average Bonchev–Trinajstić information content (AvgIpc) is 3.04. The highest BCUT2D eigenvalue weighted by Gasteiger charge is 2.18. The van der Waals surface area contributed by atoms with E-state index in [1.54, 1.807) is 6.07 Å². The van der Waals surface area contributed by atoms with Gasteiger partial charge in [0.25, 0.3) is 0 Å². The topological polar surface area (TPSA) is 109 Å². The Morgan fingerprint density at radius 1 is 0.864 bits per heavy atom. The van der Waals surface area contributed by atoms with Gasteiger partial charge >= 0.3 is 0 Å². The fourth-order valence-electron chi connectivity index (χ4n) is 2.57. The number of aromatic amines is 2. The fraction of sp³-hybridized carbons (Fsp3) is 0. The minimum absolute atomic E-state index is 0.0293. The third-order valence-electron chi connectivity index (χ3n) is 3.67. The molecule has 2 aromatic carbocycles. The molecule has 8 heteroatoms. The van der Waals surface area contributed by atoms with Gasteiger partial charge in [-0.2, -0.15) is 10.2 Å². The molecule has 22 heavy (non-hydrogen) atoms. The van der Waals surface area contributed by atoms with Crippen LogP contribution in [0.5, 0.6) is 0 Å². The summed E-state index contributed by atoms with van der Waals surface area (Å²) in [4.78, 5) is 0. The number of nitrogens with two attached hydrogens (primary N) is 2. The van der Waals surface area contributed by atoms with Gasteiger partial charge in [0.15, 0.2) is 11.6 Å². The first kappa shape index (κ1) is 12.6. The fourth-order valence-corrected chi connectivity index (χ4v) is 2.57. The molecule has 2 aromatic heterocycles. The van der Waals surface area contributed by atoms with Gasteiger partial charge in [0.05, 0.1) is 16.4 Å². The first-order valence-corrected chi connectivity index (χ1v) is 6.42. The molecule has 6 nitrogen and oxygen atoms in total. The number of nitrogen functional groups attached to an aromatic ring is 2. The lowest BCUT2D eigenvalue weighted by atomic mass is 10.0. The third kappa shape index (κ3) is 1.57. The van der Waals surface area contributed by atoms with Crippen molar-refractivity contribution in [2.75, 3.05) is 11.5 Å². The van der Waals surface area contributed by atoms with Crippen molar-refractivity contribution in [3.63, 3.8) is 0 Å². The van der Waals surface area contributed by atoms with Crippen LogP contribution in [0.2, 0.25) is 0 Å². The highest BCUT2D eigenvalue weighted by molar-refractivity contribution is 5.96. The lowest BCUT2D eigenvalue weighted by Gasteiger charge is -2.07. The summed E-state index contributed by atoms with van der Waals surface area (Å²) in [5.41, 5.74) is 12.4. The minimum Gasteiger partial charge on any atom is -0.382 e. The number of anilines is 2. The number of benzene rings is 2. The van der Waals surface area contributed by atoms with Crippen molar-refractivity contribution < 1.29 is 8.78 Å². The van der Waals surface area contributed by atoms with E-state index in [-0.39, 0.29) is 28.1 Å². The molecule has 0 spiro atoms. The van der Waals surface area contributed by atoms with E-state index in [2.05, 4.69) is 20.4 Å². The normalized spacial score (nSPS) is 11.5. The number of nitrogens with one attached hydrogen (secondary N) is 2. The standard InChI is InChI=1S/C14H10F2N6/c15-8-3-7-10(20-21-13(7)17)4-6(8)5-1-2-9-11(12(5)16)14(18)22-19-9/h1-4H,(H3,17,20,21)(H3,18,19,22). The van der Waals surface area contributed by atoms with Crippen LogP contribution >= 0.6 is 0 Å². The van der Waals surface area contributed by atoms with E-state index in [1.807, 2.05) is 0 Å². The Bertz CT molecular complexity index is 1030. The highest BCUT2D eigenvalue weighted by Crippen LogP contribution is 2.34. The zero-order valence-corrected chi connectivity index (χ0v) is 11.1. The molecule has 6 N–H and O–H groups in total. The molecule has 0 fully saturated rings. The number of hydrogen-bond donors (Lipinski definition) is 4. The average molecular weight is 300 g/mol. The first-order chi connectivity index (χ1) is 10.6. The summed E-state index contributed by atoms with van der Waals surface area (Å²) in [7, 11) is 0. The number of rotatable bonds is 1. The van der Waals surface area contributed by atoms with E-state index < -0.39 is 11.6 Å². The number of nitrogens with zero attached hydrogens (tertiary/aromatic N) is 2. The largest absolute Gasteiger partial charge is 0.382 e. The molecule has 0 saturated heterocycles. The Morgan fingerprint density at radius 2 is 1.59 bits per heavy atom. The molecule has 0 aliphatic heterocycles. The minimum atomic E-state index is -0.630. The Hall–Kier alpha value is -3.16. The van der Waals surface area contributed by atoms with E-state index in [0.717, 1.165) is 0 Å². The van der Waals surface area contributed by atoms with Gasteiger partial charge in [-0.05, 0) is 24.3 Å². The van der Waals surface area contributed by atoms with Crippen molar-refractivity contribution in [3.05, 3.63) is 35.9 Å². The van der Waals surface area contributed by atoms with E-state index in [0.29, 0.717) is 16.4 Å². The maximum atomic E-state index is 14.7. The Labute approximate surface area is 122 Å². The Morgan fingerprint density at radius 3 is 2.41 bits per heavy atom. The number of halogens is 2. The van der Waals surface area contributed by atoms with E-state index >= 15 is 0 Å². The molecule has 4 aromatic rings. The lowest BCUT2D eigenvalue weighted by molar-refractivity contribution is 0.623. The van der Waals surface area contributed by atoms with E-state index in [9.17, 15) is 8.78 Å². The SMILES string of the molecule is Nc1n[nH]c2cc(-c3ccc4[nH]nc(N)c4c3F)c(F)cc12. The number of aromatic nitrogens is 4. The van der Waals surface area contributed by atoms with Crippen molar-refractivity contribution in [1.29, 1.82) is 0 Å². The van der Waals surface area contributed by atoms with Crippen LogP contribution in [0, 0.1) is 11.6 Å². The zero-order valence-electron chi connectivity index (χ0n) is 11.1. The number of hydrogen-bond acceptors (Lipinski definition) is 4. The van der Waals surface area contributed by atoms with Crippen molar-refractivity contribution in [1.82, 2.24) is 20.4 Å². The van der Waals surface area contributed by atoms with Crippen molar-refractivity contribution in [2.24, 2.45) is 0 Å². The lowest BCUT2D eigenvalue weighted by Crippen LogP contribution is -1.92. The van der Waals surface area contributed by atoms with Gasteiger partial charge in [-0.1, -0.05) is 0 Å². The van der Waals surface area contributed by atoms with Crippen molar-refractivity contribution in [2.45, 2.75) is 0 Å². The van der Waals surface area contributed by atoms with Gasteiger partial charge in [-0.25, -0.2) is 8.78 Å². The van der Waals surface area contributed by atoms with Crippen molar-refractivity contribution >= 4 is 33.4 Å². The summed E-state index contributed by atoms with van der Waals surface area (Å²) in [6, 6.07) is 5.77. The molecular formula is C14H10F2N6. The second-order valence-corrected chi connectivity index (χ2v) is 4.94. The molecule has 0 saturated carbocycles. The van der Waals surface area contributed by atoms with Gasteiger partial charge in [-0.15, -0.1) is 0 Å². The third-order valence-corrected chi connectivity index (χ3v) is 3.67. The molecule has 0 aliphatic rings. The zero-order chi connectivity index (χ0) is 15.4. The summed E-state index contributed by atoms with van der Waals surface area (Å²) in [5.74, 6) is -1.01. The van der Waals surface area contributed by atoms with Crippen LogP contribution in [-0.2, 0) is 0 Å². The van der Waals surface area contributed by atoms with Crippen LogP contribution in [-0.4, -0.2) is 20.4 Å². The van der Waals surface area contributed by atoms with Crippen LogP contribution in [0.3, 0.4) is 0 Å².